The summed E-state index contributed by atoms with van der Waals surface area (Å²) in [5, 5.41) is 8.83. The number of carbonyl (C=O) groups is 1. The molecule has 1 aromatic heterocycles. The predicted molar refractivity (Wildman–Crippen MR) is 92.2 cm³/mol. The highest BCUT2D eigenvalue weighted by Crippen LogP contribution is 2.34. The fraction of sp³-hybridized carbons (Fsp3) is 0.263. The predicted octanol–water partition coefficient (Wildman–Crippen LogP) is 3.72. The van der Waals surface area contributed by atoms with Gasteiger partial charge in [-0.3, -0.25) is 14.8 Å². The summed E-state index contributed by atoms with van der Waals surface area (Å²) in [6.45, 7) is 0. The molecule has 0 amide bonds. The number of pyridine rings is 1. The lowest BCUT2D eigenvalue weighted by atomic mass is 9.93. The molecule has 0 saturated heterocycles. The minimum atomic E-state index is -4.47. The Morgan fingerprint density at radius 2 is 2.04 bits per heavy atom. The Morgan fingerprint density at radius 1 is 1.26 bits per heavy atom. The molecule has 3 rings (SSSR count). The first kappa shape index (κ1) is 18.7. The lowest BCUT2D eigenvalue weighted by Gasteiger charge is -2.18. The number of rotatable bonds is 3. The van der Waals surface area contributed by atoms with Crippen LogP contribution in [0.4, 0.5) is 18.9 Å². The molecule has 0 aliphatic heterocycles. The third kappa shape index (κ3) is 4.04. The van der Waals surface area contributed by atoms with Crippen LogP contribution in [0.25, 0.3) is 0 Å². The Bertz CT molecular complexity index is 929. The van der Waals surface area contributed by atoms with Gasteiger partial charge in [0.25, 0.3) is 0 Å². The van der Waals surface area contributed by atoms with E-state index >= 15 is 0 Å². The minimum Gasteiger partial charge on any atom is -0.322 e. The van der Waals surface area contributed by atoms with E-state index in [0.29, 0.717) is 23.4 Å². The molecule has 5 nitrogen and oxygen atoms in total. The van der Waals surface area contributed by atoms with E-state index in [-0.39, 0.29) is 17.9 Å². The van der Waals surface area contributed by atoms with Crippen LogP contribution in [-0.4, -0.2) is 16.5 Å². The lowest BCUT2D eigenvalue weighted by Crippen LogP contribution is -2.30. The standard InChI is InChI=1S/C19H15F3N4O/c20-19(21,22)12-2-1-3-13(8-12)26-14-6-7-16(27)17(14)18(24)15-5-4-11(9-23)10-25-15/h1-5,8,10,17-18H,6-7,24H2. The summed E-state index contributed by atoms with van der Waals surface area (Å²) < 4.78 is 38.6. The first-order valence-corrected chi connectivity index (χ1v) is 8.18. The van der Waals surface area contributed by atoms with Crippen LogP contribution < -0.4 is 5.73 Å². The minimum absolute atomic E-state index is 0.125. The summed E-state index contributed by atoms with van der Waals surface area (Å²) in [6, 6.07) is 8.91. The third-order valence-corrected chi connectivity index (χ3v) is 4.40. The molecule has 0 radical (unpaired) electrons. The molecule has 1 fully saturated rings. The number of carbonyl (C=O) groups excluding carboxylic acids is 1. The van der Waals surface area contributed by atoms with Crippen molar-refractivity contribution in [3.8, 4) is 6.07 Å². The number of aliphatic imine (C=N–C) groups is 1. The van der Waals surface area contributed by atoms with Gasteiger partial charge in [-0.15, -0.1) is 0 Å². The molecule has 0 spiro atoms. The summed E-state index contributed by atoms with van der Waals surface area (Å²) in [7, 11) is 0. The Balaban J connectivity index is 1.92. The SMILES string of the molecule is N#Cc1ccc(C(N)C2C(=O)CCC2=Nc2cccc(C(F)(F)F)c2)nc1. The second-order valence-corrected chi connectivity index (χ2v) is 6.20. The average Bonchev–Trinajstić information content (AvgIpc) is 3.01. The molecule has 2 unspecified atom stereocenters. The highest BCUT2D eigenvalue weighted by Gasteiger charge is 2.37. The van der Waals surface area contributed by atoms with Crippen LogP contribution in [-0.2, 0) is 11.0 Å². The molecule has 2 aromatic rings. The van der Waals surface area contributed by atoms with Crippen molar-refractivity contribution < 1.29 is 18.0 Å². The van der Waals surface area contributed by atoms with Crippen molar-refractivity contribution in [2.75, 3.05) is 0 Å². The monoisotopic (exact) mass is 372 g/mol. The number of nitrogens with two attached hydrogens (primary N) is 1. The van der Waals surface area contributed by atoms with E-state index in [1.54, 1.807) is 12.1 Å². The van der Waals surface area contributed by atoms with Gasteiger partial charge in [-0.1, -0.05) is 6.07 Å². The summed E-state index contributed by atoms with van der Waals surface area (Å²) >= 11 is 0. The van der Waals surface area contributed by atoms with Crippen molar-refractivity contribution in [3.05, 3.63) is 59.4 Å². The number of nitrogens with zero attached hydrogens (tertiary/aromatic N) is 3. The van der Waals surface area contributed by atoms with Gasteiger partial charge in [0.2, 0.25) is 0 Å². The van der Waals surface area contributed by atoms with Gasteiger partial charge in [0, 0.05) is 18.3 Å². The molecule has 0 bridgehead atoms. The van der Waals surface area contributed by atoms with Gasteiger partial charge >= 0.3 is 6.18 Å². The Labute approximate surface area is 153 Å². The Hall–Kier alpha value is -3.05. The maximum Gasteiger partial charge on any atom is 0.416 e. The quantitative estimate of drug-likeness (QED) is 0.889. The number of aromatic nitrogens is 1. The number of Topliss-reactive ketones (excluding diaryl/α,β-unsaturated/α-hetero) is 1. The zero-order valence-corrected chi connectivity index (χ0v) is 14.1. The van der Waals surface area contributed by atoms with Crippen LogP contribution in [0.1, 0.15) is 35.7 Å². The summed E-state index contributed by atoms with van der Waals surface area (Å²) in [5.41, 5.74) is 6.75. The van der Waals surface area contributed by atoms with Crippen LogP contribution >= 0.6 is 0 Å². The van der Waals surface area contributed by atoms with Crippen molar-refractivity contribution in [2.24, 2.45) is 16.6 Å². The number of ketones is 1. The van der Waals surface area contributed by atoms with Gasteiger partial charge in [0.05, 0.1) is 34.5 Å². The van der Waals surface area contributed by atoms with Crippen molar-refractivity contribution in [3.63, 3.8) is 0 Å². The van der Waals surface area contributed by atoms with E-state index in [4.69, 9.17) is 11.0 Å². The molecule has 27 heavy (non-hydrogen) atoms. The molecule has 1 aliphatic rings. The molecule has 2 N–H and O–H groups in total. The zero-order valence-electron chi connectivity index (χ0n) is 14.1. The number of hydrogen-bond donors (Lipinski definition) is 1. The van der Waals surface area contributed by atoms with Crippen LogP contribution in [0, 0.1) is 17.2 Å². The lowest BCUT2D eigenvalue weighted by molar-refractivity contribution is -0.137. The van der Waals surface area contributed by atoms with Crippen LogP contribution in [0.3, 0.4) is 0 Å². The normalized spacial score (nSPS) is 19.9. The number of benzene rings is 1. The highest BCUT2D eigenvalue weighted by molar-refractivity contribution is 6.12. The fourth-order valence-corrected chi connectivity index (χ4v) is 3.04. The van der Waals surface area contributed by atoms with Crippen molar-refractivity contribution in [1.82, 2.24) is 4.98 Å². The van der Waals surface area contributed by atoms with Gasteiger partial charge in [-0.05, 0) is 36.8 Å². The molecular formula is C19H15F3N4O. The van der Waals surface area contributed by atoms with E-state index in [1.165, 1.54) is 18.3 Å². The van der Waals surface area contributed by atoms with Gasteiger partial charge in [0.15, 0.2) is 0 Å². The van der Waals surface area contributed by atoms with Crippen LogP contribution in [0.15, 0.2) is 47.6 Å². The number of halogens is 3. The van der Waals surface area contributed by atoms with Gasteiger partial charge in [-0.2, -0.15) is 18.4 Å². The highest BCUT2D eigenvalue weighted by atomic mass is 19.4. The summed E-state index contributed by atoms with van der Waals surface area (Å²) in [6.07, 6.45) is -2.54. The van der Waals surface area contributed by atoms with Crippen molar-refractivity contribution in [1.29, 1.82) is 5.26 Å². The zero-order chi connectivity index (χ0) is 19.6. The average molecular weight is 372 g/mol. The summed E-state index contributed by atoms with van der Waals surface area (Å²) in [4.78, 5) is 20.7. The van der Waals surface area contributed by atoms with Crippen LogP contribution in [0.5, 0.6) is 0 Å². The van der Waals surface area contributed by atoms with Crippen molar-refractivity contribution >= 4 is 17.2 Å². The van der Waals surface area contributed by atoms with Crippen LogP contribution in [0.2, 0.25) is 0 Å². The summed E-state index contributed by atoms with van der Waals surface area (Å²) in [5.74, 6) is -0.876. The maximum atomic E-state index is 12.9. The van der Waals surface area contributed by atoms with Crippen molar-refractivity contribution in [2.45, 2.75) is 25.1 Å². The van der Waals surface area contributed by atoms with E-state index in [9.17, 15) is 18.0 Å². The second-order valence-electron chi connectivity index (χ2n) is 6.20. The fourth-order valence-electron chi connectivity index (χ4n) is 3.04. The van der Waals surface area contributed by atoms with Gasteiger partial charge in [-0.25, -0.2) is 0 Å². The smallest absolute Gasteiger partial charge is 0.322 e. The molecule has 1 heterocycles. The number of alkyl halides is 3. The number of hydrogen-bond acceptors (Lipinski definition) is 5. The second kappa shape index (κ2) is 7.29. The molecule has 2 atom stereocenters. The van der Waals surface area contributed by atoms with E-state index in [1.807, 2.05) is 6.07 Å². The Kier molecular flexibility index (Phi) is 5.06. The topological polar surface area (TPSA) is 92.1 Å². The first-order chi connectivity index (χ1) is 12.8. The largest absolute Gasteiger partial charge is 0.416 e. The molecule has 8 heteroatoms. The molecule has 1 aliphatic carbocycles. The molecule has 138 valence electrons. The maximum absolute atomic E-state index is 12.9. The molecular weight excluding hydrogens is 357 g/mol. The molecule has 1 saturated carbocycles. The first-order valence-electron chi connectivity index (χ1n) is 8.18. The van der Waals surface area contributed by atoms with Gasteiger partial charge < -0.3 is 5.73 Å². The number of nitriles is 1. The Morgan fingerprint density at radius 3 is 2.67 bits per heavy atom. The van der Waals surface area contributed by atoms with E-state index < -0.39 is 23.7 Å². The van der Waals surface area contributed by atoms with E-state index in [2.05, 4.69) is 9.98 Å². The van der Waals surface area contributed by atoms with E-state index in [0.717, 1.165) is 12.1 Å². The third-order valence-electron chi connectivity index (χ3n) is 4.40. The molecule has 1 aromatic carbocycles. The van der Waals surface area contributed by atoms with Gasteiger partial charge in [0.1, 0.15) is 11.9 Å².